The first-order valence-electron chi connectivity index (χ1n) is 7.63. The number of carbonyl (C=O) groups excluding carboxylic acids is 1. The minimum absolute atomic E-state index is 0.0894. The molecule has 0 bridgehead atoms. The summed E-state index contributed by atoms with van der Waals surface area (Å²) in [6, 6.07) is 7.18. The second kappa shape index (κ2) is 6.79. The molecule has 6 heteroatoms. The van der Waals surface area contributed by atoms with E-state index in [0.717, 1.165) is 19.1 Å². The molecule has 1 amide bonds. The summed E-state index contributed by atoms with van der Waals surface area (Å²) >= 11 is 0. The molecule has 5 nitrogen and oxygen atoms in total. The Morgan fingerprint density at radius 1 is 1.27 bits per heavy atom. The van der Waals surface area contributed by atoms with Gasteiger partial charge in [0.25, 0.3) is 5.91 Å². The molecule has 0 radical (unpaired) electrons. The van der Waals surface area contributed by atoms with Gasteiger partial charge < -0.3 is 10.2 Å². The summed E-state index contributed by atoms with van der Waals surface area (Å²) < 4.78 is 23.2. The fraction of sp³-hybridized carbons (Fsp3) is 0.562. The van der Waals surface area contributed by atoms with Crippen molar-refractivity contribution in [3.8, 4) is 0 Å². The van der Waals surface area contributed by atoms with Crippen LogP contribution in [-0.4, -0.2) is 50.7 Å². The largest absolute Gasteiger partial charge is 0.339 e. The number of sulfone groups is 1. The summed E-state index contributed by atoms with van der Waals surface area (Å²) in [5, 5.41) is 3.49. The van der Waals surface area contributed by atoms with Crippen LogP contribution >= 0.6 is 0 Å². The summed E-state index contributed by atoms with van der Waals surface area (Å²) in [4.78, 5) is 14.5. The molecule has 1 saturated heterocycles. The van der Waals surface area contributed by atoms with Crippen molar-refractivity contribution in [2.45, 2.75) is 43.7 Å². The van der Waals surface area contributed by atoms with Crippen molar-refractivity contribution in [1.82, 2.24) is 10.2 Å². The third-order valence-electron chi connectivity index (χ3n) is 3.86. The van der Waals surface area contributed by atoms with Gasteiger partial charge in [0.05, 0.1) is 4.90 Å². The van der Waals surface area contributed by atoms with E-state index >= 15 is 0 Å². The van der Waals surface area contributed by atoms with E-state index in [0.29, 0.717) is 30.7 Å². The molecule has 0 aliphatic carbocycles. The number of carbonyl (C=O) groups is 1. The van der Waals surface area contributed by atoms with Crippen molar-refractivity contribution >= 4 is 15.7 Å². The summed E-state index contributed by atoms with van der Waals surface area (Å²) in [6.45, 7) is 5.64. The van der Waals surface area contributed by atoms with Crippen LogP contribution in [0.3, 0.4) is 0 Å². The summed E-state index contributed by atoms with van der Waals surface area (Å²) in [7, 11) is -3.29. The van der Waals surface area contributed by atoms with E-state index in [1.54, 1.807) is 17.0 Å². The maximum Gasteiger partial charge on any atom is 0.253 e. The number of benzene rings is 1. The molecule has 1 fully saturated rings. The average Bonchev–Trinajstić information content (AvgIpc) is 2.46. The molecule has 122 valence electrons. The molecular formula is C16H24N2O3S. The minimum Gasteiger partial charge on any atom is -0.339 e. The number of likely N-dealkylation sites (tertiary alicyclic amines) is 1. The lowest BCUT2D eigenvalue weighted by atomic mass is 10.0. The van der Waals surface area contributed by atoms with Gasteiger partial charge in [-0.15, -0.1) is 0 Å². The van der Waals surface area contributed by atoms with Crippen molar-refractivity contribution < 1.29 is 13.2 Å². The van der Waals surface area contributed by atoms with Gasteiger partial charge >= 0.3 is 0 Å². The third kappa shape index (κ3) is 4.30. The zero-order chi connectivity index (χ0) is 16.3. The second-order valence-electron chi connectivity index (χ2n) is 6.19. The number of piperidine rings is 1. The van der Waals surface area contributed by atoms with E-state index in [1.807, 2.05) is 0 Å². The molecule has 22 heavy (non-hydrogen) atoms. The molecule has 1 aliphatic rings. The number of rotatable bonds is 4. The van der Waals surface area contributed by atoms with Crippen LogP contribution in [-0.2, 0) is 9.84 Å². The fourth-order valence-corrected chi connectivity index (χ4v) is 3.43. The minimum atomic E-state index is -3.29. The number of hydrogen-bond acceptors (Lipinski definition) is 4. The number of amides is 1. The molecular weight excluding hydrogens is 300 g/mol. The Hall–Kier alpha value is -1.40. The Kier molecular flexibility index (Phi) is 5.24. The number of nitrogens with one attached hydrogen (secondary N) is 1. The topological polar surface area (TPSA) is 66.5 Å². The van der Waals surface area contributed by atoms with Gasteiger partial charge in [0.2, 0.25) is 0 Å². The van der Waals surface area contributed by atoms with Crippen molar-refractivity contribution in [2.75, 3.05) is 19.3 Å². The van der Waals surface area contributed by atoms with E-state index < -0.39 is 9.84 Å². The quantitative estimate of drug-likeness (QED) is 0.915. The molecule has 0 spiro atoms. The van der Waals surface area contributed by atoms with Gasteiger partial charge in [-0.3, -0.25) is 4.79 Å². The van der Waals surface area contributed by atoms with Gasteiger partial charge in [-0.25, -0.2) is 8.42 Å². The highest BCUT2D eigenvalue weighted by atomic mass is 32.2. The van der Waals surface area contributed by atoms with E-state index in [2.05, 4.69) is 19.2 Å². The molecule has 0 saturated carbocycles. The van der Waals surface area contributed by atoms with Crippen LogP contribution < -0.4 is 5.32 Å². The molecule has 0 aromatic heterocycles. The highest BCUT2D eigenvalue weighted by Crippen LogP contribution is 2.17. The Balaban J connectivity index is 2.04. The lowest BCUT2D eigenvalue weighted by Gasteiger charge is -2.33. The van der Waals surface area contributed by atoms with Crippen LogP contribution in [0.25, 0.3) is 0 Å². The molecule has 1 N–H and O–H groups in total. The highest BCUT2D eigenvalue weighted by Gasteiger charge is 2.24. The Morgan fingerprint density at radius 3 is 2.45 bits per heavy atom. The molecule has 1 aromatic carbocycles. The van der Waals surface area contributed by atoms with Gasteiger partial charge in [-0.1, -0.05) is 19.9 Å². The fourth-order valence-electron chi connectivity index (χ4n) is 2.76. The standard InChI is InChI=1S/C16H24N2O3S/c1-12(2)17-14-7-9-18(10-8-14)16(19)13-5-4-6-15(11-13)22(3,20)21/h4-6,11-12,14,17H,7-10H2,1-3H3. The van der Waals surface area contributed by atoms with Crippen LogP contribution in [0.4, 0.5) is 0 Å². The van der Waals surface area contributed by atoms with E-state index in [4.69, 9.17) is 0 Å². The predicted molar refractivity (Wildman–Crippen MR) is 86.7 cm³/mol. The molecule has 0 atom stereocenters. The smallest absolute Gasteiger partial charge is 0.253 e. The Labute approximate surface area is 132 Å². The van der Waals surface area contributed by atoms with Gasteiger partial charge in [-0.05, 0) is 31.0 Å². The lowest BCUT2D eigenvalue weighted by Crippen LogP contribution is -2.46. The van der Waals surface area contributed by atoms with E-state index in [9.17, 15) is 13.2 Å². The summed E-state index contributed by atoms with van der Waals surface area (Å²) in [5.74, 6) is -0.0894. The maximum atomic E-state index is 12.5. The number of nitrogens with zero attached hydrogens (tertiary/aromatic N) is 1. The van der Waals surface area contributed by atoms with E-state index in [1.165, 1.54) is 12.1 Å². The first-order valence-corrected chi connectivity index (χ1v) is 9.52. The van der Waals surface area contributed by atoms with E-state index in [-0.39, 0.29) is 10.8 Å². The predicted octanol–water partition coefficient (Wildman–Crippen LogP) is 1.69. The highest BCUT2D eigenvalue weighted by molar-refractivity contribution is 7.90. The van der Waals surface area contributed by atoms with Crippen molar-refractivity contribution in [2.24, 2.45) is 0 Å². The zero-order valence-corrected chi connectivity index (χ0v) is 14.2. The van der Waals surface area contributed by atoms with Crippen LogP contribution in [0, 0.1) is 0 Å². The molecule has 2 rings (SSSR count). The van der Waals surface area contributed by atoms with Gasteiger partial charge in [0.1, 0.15) is 0 Å². The summed E-state index contributed by atoms with van der Waals surface area (Å²) in [5.41, 5.74) is 0.443. The maximum absolute atomic E-state index is 12.5. The SMILES string of the molecule is CC(C)NC1CCN(C(=O)c2cccc(S(C)(=O)=O)c2)CC1. The number of hydrogen-bond donors (Lipinski definition) is 1. The lowest BCUT2D eigenvalue weighted by molar-refractivity contribution is 0.0703. The monoisotopic (exact) mass is 324 g/mol. The molecule has 1 aliphatic heterocycles. The zero-order valence-electron chi connectivity index (χ0n) is 13.4. The van der Waals surface area contributed by atoms with Crippen molar-refractivity contribution in [3.63, 3.8) is 0 Å². The second-order valence-corrected chi connectivity index (χ2v) is 8.20. The Morgan fingerprint density at radius 2 is 1.91 bits per heavy atom. The van der Waals surface area contributed by atoms with Crippen LogP contribution in [0.15, 0.2) is 29.2 Å². The average molecular weight is 324 g/mol. The van der Waals surface area contributed by atoms with Gasteiger partial charge in [0.15, 0.2) is 9.84 Å². The van der Waals surface area contributed by atoms with Crippen LogP contribution in [0.2, 0.25) is 0 Å². The third-order valence-corrected chi connectivity index (χ3v) is 4.97. The van der Waals surface area contributed by atoms with Crippen LogP contribution in [0.5, 0.6) is 0 Å². The molecule has 0 unspecified atom stereocenters. The normalized spacial score (nSPS) is 17.0. The van der Waals surface area contributed by atoms with Crippen molar-refractivity contribution in [3.05, 3.63) is 29.8 Å². The van der Waals surface area contributed by atoms with Gasteiger partial charge in [0, 0.05) is 37.0 Å². The molecule has 1 heterocycles. The van der Waals surface area contributed by atoms with Crippen LogP contribution in [0.1, 0.15) is 37.0 Å². The summed E-state index contributed by atoms with van der Waals surface area (Å²) in [6.07, 6.45) is 3.00. The van der Waals surface area contributed by atoms with Crippen molar-refractivity contribution in [1.29, 1.82) is 0 Å². The first kappa shape index (κ1) is 17.0. The Bertz CT molecular complexity index is 633. The van der Waals surface area contributed by atoms with Gasteiger partial charge in [-0.2, -0.15) is 0 Å². The molecule has 1 aromatic rings. The first-order chi connectivity index (χ1) is 10.3.